The van der Waals surface area contributed by atoms with Gasteiger partial charge in [0, 0.05) is 24.5 Å². The van der Waals surface area contributed by atoms with Crippen LogP contribution in [0.25, 0.3) is 11.1 Å². The smallest absolute Gasteiger partial charge is 0.129 e. The number of nitrogens with zero attached hydrogens (tertiary/aromatic N) is 1. The molecule has 1 aromatic heterocycles. The van der Waals surface area contributed by atoms with E-state index >= 15 is 0 Å². The topological polar surface area (TPSA) is 37.0 Å². The van der Waals surface area contributed by atoms with E-state index in [1.807, 2.05) is 31.6 Å². The van der Waals surface area contributed by atoms with E-state index in [1.54, 1.807) is 11.8 Å². The summed E-state index contributed by atoms with van der Waals surface area (Å²) < 4.78 is 0. The summed E-state index contributed by atoms with van der Waals surface area (Å²) in [5.41, 5.74) is 8.35. The molecule has 4 heteroatoms. The number of nitrogens with one attached hydrogen (secondary N) is 2. The number of allylic oxidation sites excluding steroid dienone is 2. The van der Waals surface area contributed by atoms with Gasteiger partial charge < -0.3 is 5.32 Å². The van der Waals surface area contributed by atoms with Gasteiger partial charge in [0.25, 0.3) is 0 Å². The molecule has 0 spiro atoms. The van der Waals surface area contributed by atoms with Crippen LogP contribution in [0.1, 0.15) is 50.3 Å². The Hall–Kier alpha value is -2.82. The molecule has 190 valence electrons. The first-order valence-electron chi connectivity index (χ1n) is 12.9. The van der Waals surface area contributed by atoms with E-state index in [-0.39, 0.29) is 0 Å². The highest BCUT2D eigenvalue weighted by Crippen LogP contribution is 2.37. The highest BCUT2D eigenvalue weighted by molar-refractivity contribution is 8.02. The van der Waals surface area contributed by atoms with Crippen LogP contribution < -0.4 is 10.6 Å². The number of fused-ring (bicyclic) bond motifs is 1. The number of benzene rings is 2. The third kappa shape index (κ3) is 8.11. The fourth-order valence-electron chi connectivity index (χ4n) is 4.31. The molecule has 2 N–H and O–H groups in total. The summed E-state index contributed by atoms with van der Waals surface area (Å²) in [7, 11) is 1.96. The van der Waals surface area contributed by atoms with Crippen molar-refractivity contribution in [2.24, 2.45) is 11.8 Å². The summed E-state index contributed by atoms with van der Waals surface area (Å²) in [4.78, 5) is 4.05. The number of rotatable bonds is 5. The lowest BCUT2D eigenvalue weighted by molar-refractivity contribution is 0.593. The third-order valence-electron chi connectivity index (χ3n) is 6.23. The first-order valence-corrected chi connectivity index (χ1v) is 13.8. The first kappa shape index (κ1) is 27.8. The van der Waals surface area contributed by atoms with Gasteiger partial charge in [0.2, 0.25) is 0 Å². The molecular formula is C32H41N3S. The first-order chi connectivity index (χ1) is 17.4. The molecule has 0 saturated heterocycles. The van der Waals surface area contributed by atoms with Crippen LogP contribution in [0.2, 0.25) is 0 Å². The molecule has 5 rings (SSSR count). The van der Waals surface area contributed by atoms with Gasteiger partial charge in [0.15, 0.2) is 0 Å². The quantitative estimate of drug-likeness (QED) is 0.351. The van der Waals surface area contributed by atoms with Crippen molar-refractivity contribution in [3.63, 3.8) is 0 Å². The van der Waals surface area contributed by atoms with E-state index in [2.05, 4.69) is 110 Å². The summed E-state index contributed by atoms with van der Waals surface area (Å²) in [6, 6.07) is 21.5. The molecule has 3 aromatic rings. The van der Waals surface area contributed by atoms with Crippen LogP contribution in [0, 0.1) is 11.8 Å². The van der Waals surface area contributed by atoms with Crippen LogP contribution in [0.5, 0.6) is 0 Å². The van der Waals surface area contributed by atoms with Crippen LogP contribution >= 0.6 is 11.8 Å². The number of hydrogen-bond acceptors (Lipinski definition) is 4. The molecule has 0 radical (unpaired) electrons. The maximum absolute atomic E-state index is 4.05. The van der Waals surface area contributed by atoms with Gasteiger partial charge in [0.1, 0.15) is 5.50 Å². The fourth-order valence-corrected chi connectivity index (χ4v) is 5.12. The molecule has 36 heavy (non-hydrogen) atoms. The summed E-state index contributed by atoms with van der Waals surface area (Å²) in [5.74, 6) is 2.15. The Kier molecular flexibility index (Phi) is 10.8. The lowest BCUT2D eigenvalue weighted by Gasteiger charge is -2.11. The maximum atomic E-state index is 4.05. The van der Waals surface area contributed by atoms with Gasteiger partial charge in [-0.05, 0) is 76.6 Å². The molecular weight excluding hydrogens is 458 g/mol. The van der Waals surface area contributed by atoms with Crippen molar-refractivity contribution in [1.29, 1.82) is 0 Å². The molecule has 2 heterocycles. The van der Waals surface area contributed by atoms with E-state index in [0.717, 1.165) is 12.3 Å². The van der Waals surface area contributed by atoms with E-state index in [0.29, 0.717) is 17.3 Å². The molecule has 3 atom stereocenters. The zero-order valence-electron chi connectivity index (χ0n) is 22.4. The summed E-state index contributed by atoms with van der Waals surface area (Å²) in [6.07, 6.45) is 7.87. The second-order valence-electron chi connectivity index (χ2n) is 10.0. The van der Waals surface area contributed by atoms with Crippen molar-refractivity contribution >= 4 is 11.8 Å². The van der Waals surface area contributed by atoms with Crippen molar-refractivity contribution in [3.05, 3.63) is 114 Å². The second-order valence-corrected chi connectivity index (χ2v) is 11.0. The van der Waals surface area contributed by atoms with Gasteiger partial charge in [-0.25, -0.2) is 0 Å². The predicted octanol–water partition coefficient (Wildman–Crippen LogP) is 7.78. The average Bonchev–Trinajstić information content (AvgIpc) is 3.49. The fraction of sp³-hybridized carbons (Fsp3) is 0.344. The van der Waals surface area contributed by atoms with Crippen LogP contribution in [-0.2, 0) is 12.8 Å². The molecule has 2 aliphatic rings. The SMILES string of the molecule is C=CC1Cc2ccccc2C1C.CC(C)C.CNC1NC(Cc2ccc(-c3ccncc3)cc2)=CS1. The highest BCUT2D eigenvalue weighted by Gasteiger charge is 2.25. The second kappa shape index (κ2) is 14.1. The van der Waals surface area contributed by atoms with Crippen molar-refractivity contribution in [2.45, 2.75) is 52.0 Å². The Labute approximate surface area is 222 Å². The third-order valence-corrected chi connectivity index (χ3v) is 7.28. The van der Waals surface area contributed by atoms with Gasteiger partial charge >= 0.3 is 0 Å². The number of aromatic nitrogens is 1. The minimum Gasteiger partial charge on any atom is -0.364 e. The van der Waals surface area contributed by atoms with E-state index < -0.39 is 0 Å². The molecule has 0 amide bonds. The normalized spacial score (nSPS) is 19.7. The van der Waals surface area contributed by atoms with Gasteiger partial charge in [0.05, 0.1) is 0 Å². The van der Waals surface area contributed by atoms with Crippen LogP contribution in [-0.4, -0.2) is 17.5 Å². The van der Waals surface area contributed by atoms with Gasteiger partial charge in [-0.2, -0.15) is 0 Å². The standard InChI is InChI=1S/C16H17N3S.C12H14.C4H10/c1-17-16-19-15(11-20-16)10-12-2-4-13(5-3-12)14-6-8-18-9-7-14;1-3-10-8-11-6-4-5-7-12(11)9(10)2;1-4(2)3/h2-9,11,16-17,19H,10H2,1H3;3-7,9-10H,1,8H2,2H3;4H,1-3H3. The predicted molar refractivity (Wildman–Crippen MR) is 158 cm³/mol. The van der Waals surface area contributed by atoms with Gasteiger partial charge in [-0.1, -0.05) is 94.1 Å². The molecule has 0 fully saturated rings. The minimum absolute atomic E-state index is 0.307. The lowest BCUT2D eigenvalue weighted by atomic mass is 9.95. The van der Waals surface area contributed by atoms with Crippen molar-refractivity contribution in [2.75, 3.05) is 7.05 Å². The van der Waals surface area contributed by atoms with E-state index in [4.69, 9.17) is 0 Å². The summed E-state index contributed by atoms with van der Waals surface area (Å²) >= 11 is 1.78. The largest absolute Gasteiger partial charge is 0.364 e. The zero-order chi connectivity index (χ0) is 25.9. The van der Waals surface area contributed by atoms with Gasteiger partial charge in [-0.15, -0.1) is 6.58 Å². The van der Waals surface area contributed by atoms with Crippen molar-refractivity contribution in [3.8, 4) is 11.1 Å². The Morgan fingerprint density at radius 2 is 1.67 bits per heavy atom. The molecule has 3 unspecified atom stereocenters. The summed E-state index contributed by atoms with van der Waals surface area (Å²) in [5, 5.41) is 8.84. The minimum atomic E-state index is 0.307. The Morgan fingerprint density at radius 3 is 2.25 bits per heavy atom. The number of thioether (sulfide) groups is 1. The van der Waals surface area contributed by atoms with Crippen LogP contribution in [0.4, 0.5) is 0 Å². The molecule has 0 saturated carbocycles. The molecule has 3 nitrogen and oxygen atoms in total. The van der Waals surface area contributed by atoms with Crippen molar-refractivity contribution < 1.29 is 0 Å². The van der Waals surface area contributed by atoms with E-state index in [9.17, 15) is 0 Å². The Morgan fingerprint density at radius 1 is 1.03 bits per heavy atom. The molecule has 0 bridgehead atoms. The summed E-state index contributed by atoms with van der Waals surface area (Å²) in [6.45, 7) is 12.7. The van der Waals surface area contributed by atoms with Crippen molar-refractivity contribution in [1.82, 2.24) is 15.6 Å². The monoisotopic (exact) mass is 499 g/mol. The highest BCUT2D eigenvalue weighted by atomic mass is 32.2. The van der Waals surface area contributed by atoms with E-state index in [1.165, 1.54) is 39.9 Å². The molecule has 2 aromatic carbocycles. The maximum Gasteiger partial charge on any atom is 0.129 e. The molecule has 1 aliphatic carbocycles. The molecule has 1 aliphatic heterocycles. The number of pyridine rings is 1. The van der Waals surface area contributed by atoms with Crippen LogP contribution in [0.15, 0.2) is 96.8 Å². The average molecular weight is 500 g/mol. The zero-order valence-corrected chi connectivity index (χ0v) is 23.2. The lowest BCUT2D eigenvalue weighted by Crippen LogP contribution is -2.33. The van der Waals surface area contributed by atoms with Crippen LogP contribution in [0.3, 0.4) is 0 Å². The Bertz CT molecular complexity index is 1100. The number of hydrogen-bond donors (Lipinski definition) is 2. The Balaban J connectivity index is 0.000000191. The van der Waals surface area contributed by atoms with Gasteiger partial charge in [-0.3, -0.25) is 10.3 Å².